The minimum Gasteiger partial charge on any atom is -0.497 e. The van der Waals surface area contributed by atoms with Gasteiger partial charge in [-0.3, -0.25) is 0 Å². The van der Waals surface area contributed by atoms with Gasteiger partial charge in [0.15, 0.2) is 5.82 Å². The fraction of sp³-hybridized carbons (Fsp3) is 0.467. The average molecular weight is 289 g/mol. The number of ether oxygens (including phenoxy) is 1. The molecule has 6 nitrogen and oxygen atoms in total. The van der Waals surface area contributed by atoms with E-state index in [-0.39, 0.29) is 0 Å². The van der Waals surface area contributed by atoms with E-state index in [0.29, 0.717) is 31.0 Å². The van der Waals surface area contributed by atoms with Crippen molar-refractivity contribution in [2.75, 3.05) is 20.2 Å². The maximum absolute atomic E-state index is 10.5. The predicted octanol–water partition coefficient (Wildman–Crippen LogP) is 1.24. The normalized spacial score (nSPS) is 17.6. The summed E-state index contributed by atoms with van der Waals surface area (Å²) in [6.45, 7) is 1.51. The minimum absolute atomic E-state index is 0.326. The predicted molar refractivity (Wildman–Crippen MR) is 76.1 cm³/mol. The number of hydrogen-bond acceptors (Lipinski definition) is 6. The van der Waals surface area contributed by atoms with Crippen LogP contribution in [0.15, 0.2) is 28.8 Å². The van der Waals surface area contributed by atoms with Crippen LogP contribution < -0.4 is 10.1 Å². The van der Waals surface area contributed by atoms with E-state index in [0.717, 1.165) is 24.4 Å². The lowest BCUT2D eigenvalue weighted by molar-refractivity contribution is -0.0228. The molecule has 0 spiro atoms. The Hall–Kier alpha value is -1.92. The minimum atomic E-state index is -0.990. The number of aliphatic hydroxyl groups is 1. The number of benzene rings is 1. The lowest BCUT2D eigenvalue weighted by Gasteiger charge is -2.28. The summed E-state index contributed by atoms with van der Waals surface area (Å²) < 4.78 is 10.4. The van der Waals surface area contributed by atoms with Crippen molar-refractivity contribution >= 4 is 0 Å². The Morgan fingerprint density at radius 3 is 2.67 bits per heavy atom. The molecule has 0 aliphatic carbocycles. The maximum atomic E-state index is 10.5. The Labute approximate surface area is 123 Å². The molecule has 0 atom stereocenters. The monoisotopic (exact) mass is 289 g/mol. The Kier molecular flexibility index (Phi) is 3.90. The zero-order valence-electron chi connectivity index (χ0n) is 12.0. The molecule has 0 amide bonds. The second-order valence-corrected chi connectivity index (χ2v) is 5.32. The second-order valence-electron chi connectivity index (χ2n) is 5.32. The van der Waals surface area contributed by atoms with Crippen LogP contribution in [0.2, 0.25) is 0 Å². The summed E-state index contributed by atoms with van der Waals surface area (Å²) in [6.07, 6.45) is 1.76. The summed E-state index contributed by atoms with van der Waals surface area (Å²) in [5.41, 5.74) is 0.0802. The largest absolute Gasteiger partial charge is 0.497 e. The Morgan fingerprint density at radius 2 is 2.00 bits per heavy atom. The highest BCUT2D eigenvalue weighted by Crippen LogP contribution is 2.29. The zero-order valence-corrected chi connectivity index (χ0v) is 12.0. The first-order valence-corrected chi connectivity index (χ1v) is 7.09. The highest BCUT2D eigenvalue weighted by molar-refractivity contribution is 5.28. The van der Waals surface area contributed by atoms with Crippen molar-refractivity contribution in [2.24, 2.45) is 0 Å². The van der Waals surface area contributed by atoms with E-state index in [1.54, 1.807) is 7.11 Å². The highest BCUT2D eigenvalue weighted by atomic mass is 16.5. The van der Waals surface area contributed by atoms with Crippen molar-refractivity contribution in [3.05, 3.63) is 41.5 Å². The summed E-state index contributed by atoms with van der Waals surface area (Å²) in [5.74, 6) is 1.73. The third kappa shape index (κ3) is 3.06. The molecule has 0 saturated carbocycles. The molecule has 2 heterocycles. The fourth-order valence-electron chi connectivity index (χ4n) is 2.49. The number of nitrogens with one attached hydrogen (secondary N) is 1. The molecule has 1 aliphatic heterocycles. The SMILES string of the molecule is COc1ccc(Cc2noc(C3(O)CCNCC3)n2)cc1. The lowest BCUT2D eigenvalue weighted by Crippen LogP contribution is -2.39. The van der Waals surface area contributed by atoms with Gasteiger partial charge < -0.3 is 19.7 Å². The van der Waals surface area contributed by atoms with Crippen LogP contribution in [0.5, 0.6) is 5.75 Å². The zero-order chi connectivity index (χ0) is 14.7. The van der Waals surface area contributed by atoms with Crippen LogP contribution in [0.3, 0.4) is 0 Å². The molecule has 0 unspecified atom stereocenters. The lowest BCUT2D eigenvalue weighted by atomic mass is 9.92. The van der Waals surface area contributed by atoms with E-state index in [4.69, 9.17) is 9.26 Å². The first-order chi connectivity index (χ1) is 10.2. The Morgan fingerprint density at radius 1 is 1.29 bits per heavy atom. The molecule has 0 bridgehead atoms. The second kappa shape index (κ2) is 5.83. The molecule has 0 radical (unpaired) electrons. The van der Waals surface area contributed by atoms with Gasteiger partial charge in [-0.25, -0.2) is 0 Å². The van der Waals surface area contributed by atoms with E-state index >= 15 is 0 Å². The van der Waals surface area contributed by atoms with E-state index in [1.807, 2.05) is 24.3 Å². The molecule has 2 aromatic rings. The molecule has 2 N–H and O–H groups in total. The van der Waals surface area contributed by atoms with Crippen LogP contribution in [-0.2, 0) is 12.0 Å². The van der Waals surface area contributed by atoms with E-state index in [2.05, 4.69) is 15.5 Å². The average Bonchev–Trinajstić information content (AvgIpc) is 2.98. The fourth-order valence-corrected chi connectivity index (χ4v) is 2.49. The van der Waals surface area contributed by atoms with Crippen molar-refractivity contribution in [2.45, 2.75) is 24.9 Å². The third-order valence-electron chi connectivity index (χ3n) is 3.82. The van der Waals surface area contributed by atoms with Gasteiger partial charge in [-0.2, -0.15) is 4.98 Å². The van der Waals surface area contributed by atoms with Gasteiger partial charge in [0.25, 0.3) is 5.89 Å². The topological polar surface area (TPSA) is 80.4 Å². The molecule has 6 heteroatoms. The molecule has 1 saturated heterocycles. The van der Waals surface area contributed by atoms with E-state index in [1.165, 1.54) is 0 Å². The smallest absolute Gasteiger partial charge is 0.258 e. The Bertz CT molecular complexity index is 588. The molecular weight excluding hydrogens is 270 g/mol. The number of aromatic nitrogens is 2. The summed E-state index contributed by atoms with van der Waals surface area (Å²) in [7, 11) is 1.64. The van der Waals surface area contributed by atoms with Gasteiger partial charge in [0.2, 0.25) is 0 Å². The molecule has 3 rings (SSSR count). The molecule has 1 fully saturated rings. The number of methoxy groups -OCH3 is 1. The molecule has 1 aliphatic rings. The number of nitrogens with zero attached hydrogens (tertiary/aromatic N) is 2. The molecular formula is C15H19N3O3. The van der Waals surface area contributed by atoms with Crippen molar-refractivity contribution in [3.8, 4) is 5.75 Å². The standard InChI is InChI=1S/C15H19N3O3/c1-20-12-4-2-11(3-5-12)10-13-17-14(21-18-13)15(19)6-8-16-9-7-15/h2-5,16,19H,6-10H2,1H3. The van der Waals surface area contributed by atoms with Crippen molar-refractivity contribution in [3.63, 3.8) is 0 Å². The van der Waals surface area contributed by atoms with Crippen LogP contribution in [0.25, 0.3) is 0 Å². The number of piperidine rings is 1. The molecule has 112 valence electrons. The first-order valence-electron chi connectivity index (χ1n) is 7.09. The van der Waals surface area contributed by atoms with Gasteiger partial charge >= 0.3 is 0 Å². The van der Waals surface area contributed by atoms with Crippen molar-refractivity contribution in [1.29, 1.82) is 0 Å². The van der Waals surface area contributed by atoms with Crippen molar-refractivity contribution in [1.82, 2.24) is 15.5 Å². The summed E-state index contributed by atoms with van der Waals surface area (Å²) >= 11 is 0. The van der Waals surface area contributed by atoms with Crippen LogP contribution >= 0.6 is 0 Å². The summed E-state index contributed by atoms with van der Waals surface area (Å²) in [6, 6.07) is 7.73. The van der Waals surface area contributed by atoms with Crippen LogP contribution in [0.1, 0.15) is 30.1 Å². The molecule has 1 aromatic heterocycles. The highest BCUT2D eigenvalue weighted by Gasteiger charge is 2.36. The van der Waals surface area contributed by atoms with E-state index < -0.39 is 5.60 Å². The third-order valence-corrected chi connectivity index (χ3v) is 3.82. The van der Waals surface area contributed by atoms with Gasteiger partial charge in [-0.15, -0.1) is 0 Å². The van der Waals surface area contributed by atoms with Gasteiger partial charge in [0.05, 0.1) is 7.11 Å². The van der Waals surface area contributed by atoms with Gasteiger partial charge in [-0.1, -0.05) is 17.3 Å². The number of hydrogen-bond donors (Lipinski definition) is 2. The quantitative estimate of drug-likeness (QED) is 0.881. The van der Waals surface area contributed by atoms with Crippen molar-refractivity contribution < 1.29 is 14.4 Å². The van der Waals surface area contributed by atoms with Crippen LogP contribution in [0, 0.1) is 0 Å². The first kappa shape index (κ1) is 14.0. The summed E-state index contributed by atoms with van der Waals surface area (Å²) in [5, 5.41) is 17.7. The van der Waals surface area contributed by atoms with Gasteiger partial charge in [0.1, 0.15) is 11.4 Å². The Balaban J connectivity index is 1.72. The molecule has 1 aromatic carbocycles. The molecule has 21 heavy (non-hydrogen) atoms. The maximum Gasteiger partial charge on any atom is 0.258 e. The number of rotatable bonds is 4. The van der Waals surface area contributed by atoms with E-state index in [9.17, 15) is 5.11 Å². The van der Waals surface area contributed by atoms with Gasteiger partial charge in [-0.05, 0) is 43.6 Å². The van der Waals surface area contributed by atoms with Gasteiger partial charge in [0, 0.05) is 6.42 Å². The van der Waals surface area contributed by atoms with Crippen LogP contribution in [0.4, 0.5) is 0 Å². The summed E-state index contributed by atoms with van der Waals surface area (Å²) in [4.78, 5) is 4.36. The van der Waals surface area contributed by atoms with Crippen LogP contribution in [-0.4, -0.2) is 35.4 Å².